The van der Waals surface area contributed by atoms with Crippen LogP contribution in [0.4, 0.5) is 5.69 Å². The summed E-state index contributed by atoms with van der Waals surface area (Å²) in [4.78, 5) is 19.3. The second-order valence-electron chi connectivity index (χ2n) is 5.88. The number of fused-ring (bicyclic) bond motifs is 1. The molecule has 0 radical (unpaired) electrons. The normalized spacial score (nSPS) is 10.8. The summed E-state index contributed by atoms with van der Waals surface area (Å²) in [5, 5.41) is 10.9. The first-order valence-corrected chi connectivity index (χ1v) is 8.87. The third-order valence-corrected chi connectivity index (χ3v) is 3.77. The van der Waals surface area contributed by atoms with Gasteiger partial charge in [0.25, 0.3) is 17.4 Å². The number of unbranched alkanes of at least 4 members (excludes halogenated alkanes) is 4. The van der Waals surface area contributed by atoms with Crippen LogP contribution in [0.3, 0.4) is 0 Å². The molecule has 1 aromatic carbocycles. The summed E-state index contributed by atoms with van der Waals surface area (Å²) < 4.78 is 11.5. The molecular formula is C18H25N3O4. The lowest BCUT2D eigenvalue weighted by Gasteiger charge is -2.12. The molecule has 2 aromatic rings. The molecule has 7 heteroatoms. The van der Waals surface area contributed by atoms with Crippen LogP contribution in [0.5, 0.6) is 11.8 Å². The van der Waals surface area contributed by atoms with Crippen LogP contribution in [0, 0.1) is 10.1 Å². The quantitative estimate of drug-likeness (QED) is 0.333. The maximum Gasteiger partial charge on any atom is 0.278 e. The maximum absolute atomic E-state index is 10.9. The van der Waals surface area contributed by atoms with Crippen LogP contribution in [-0.2, 0) is 0 Å². The van der Waals surface area contributed by atoms with Crippen molar-refractivity contribution in [3.05, 3.63) is 28.3 Å². The van der Waals surface area contributed by atoms with Crippen molar-refractivity contribution in [2.24, 2.45) is 0 Å². The fourth-order valence-corrected chi connectivity index (χ4v) is 2.35. The molecule has 0 amide bonds. The van der Waals surface area contributed by atoms with Gasteiger partial charge in [-0.2, -0.15) is 0 Å². The van der Waals surface area contributed by atoms with Crippen LogP contribution < -0.4 is 9.47 Å². The van der Waals surface area contributed by atoms with E-state index in [-0.39, 0.29) is 5.69 Å². The zero-order valence-electron chi connectivity index (χ0n) is 14.9. The average molecular weight is 347 g/mol. The molecule has 1 aromatic heterocycles. The number of non-ortho nitro benzene ring substituents is 1. The van der Waals surface area contributed by atoms with Crippen molar-refractivity contribution in [2.75, 3.05) is 13.2 Å². The van der Waals surface area contributed by atoms with Crippen molar-refractivity contribution in [1.82, 2.24) is 9.97 Å². The number of hydrogen-bond acceptors (Lipinski definition) is 6. The van der Waals surface area contributed by atoms with Gasteiger partial charge in [-0.05, 0) is 18.9 Å². The van der Waals surface area contributed by atoms with Gasteiger partial charge in [0, 0.05) is 12.1 Å². The number of nitro groups is 1. The second kappa shape index (κ2) is 9.76. The molecule has 0 aliphatic heterocycles. The first-order valence-electron chi connectivity index (χ1n) is 8.87. The molecule has 0 bridgehead atoms. The molecule has 0 aliphatic rings. The SMILES string of the molecule is CCCCCOc1nc2ccc([N+](=O)[O-])cc2nc1OCCCCC. The van der Waals surface area contributed by atoms with E-state index >= 15 is 0 Å². The zero-order valence-corrected chi connectivity index (χ0v) is 14.9. The van der Waals surface area contributed by atoms with Gasteiger partial charge in [-0.1, -0.05) is 39.5 Å². The van der Waals surface area contributed by atoms with Crippen molar-refractivity contribution in [3.63, 3.8) is 0 Å². The summed E-state index contributed by atoms with van der Waals surface area (Å²) in [6, 6.07) is 4.40. The average Bonchev–Trinajstić information content (AvgIpc) is 2.61. The van der Waals surface area contributed by atoms with Crippen LogP contribution in [-0.4, -0.2) is 28.1 Å². The van der Waals surface area contributed by atoms with Crippen LogP contribution in [0.2, 0.25) is 0 Å². The molecule has 136 valence electrons. The molecule has 0 atom stereocenters. The molecule has 0 spiro atoms. The fraction of sp³-hybridized carbons (Fsp3) is 0.556. The minimum absolute atomic E-state index is 0.0182. The van der Waals surface area contributed by atoms with E-state index in [0.29, 0.717) is 36.0 Å². The van der Waals surface area contributed by atoms with Gasteiger partial charge in [0.15, 0.2) is 0 Å². The highest BCUT2D eigenvalue weighted by atomic mass is 16.6. The number of nitrogens with zero attached hydrogens (tertiary/aromatic N) is 3. The van der Waals surface area contributed by atoms with E-state index in [1.54, 1.807) is 6.07 Å². The Balaban J connectivity index is 2.23. The molecule has 0 unspecified atom stereocenters. The van der Waals surface area contributed by atoms with Crippen LogP contribution in [0.25, 0.3) is 11.0 Å². The molecular weight excluding hydrogens is 322 g/mol. The highest BCUT2D eigenvalue weighted by Crippen LogP contribution is 2.28. The highest BCUT2D eigenvalue weighted by Gasteiger charge is 2.15. The van der Waals surface area contributed by atoms with Gasteiger partial charge < -0.3 is 9.47 Å². The standard InChI is InChI=1S/C18H25N3O4/c1-3-5-7-11-24-17-18(25-12-8-6-4-2)20-16-13-14(21(22)23)9-10-15(16)19-17/h9-10,13H,3-8,11-12H2,1-2H3. The van der Waals surface area contributed by atoms with E-state index in [4.69, 9.17) is 9.47 Å². The predicted molar refractivity (Wildman–Crippen MR) is 96.2 cm³/mol. The molecule has 2 rings (SSSR count). The van der Waals surface area contributed by atoms with Gasteiger partial charge in [0.2, 0.25) is 0 Å². The van der Waals surface area contributed by atoms with Crippen molar-refractivity contribution in [3.8, 4) is 11.8 Å². The third-order valence-electron chi connectivity index (χ3n) is 3.77. The van der Waals surface area contributed by atoms with Gasteiger partial charge in [0.1, 0.15) is 0 Å². The van der Waals surface area contributed by atoms with Crippen molar-refractivity contribution < 1.29 is 14.4 Å². The van der Waals surface area contributed by atoms with Gasteiger partial charge in [-0.3, -0.25) is 10.1 Å². The van der Waals surface area contributed by atoms with Crippen LogP contribution in [0.1, 0.15) is 52.4 Å². The molecule has 1 heterocycles. The van der Waals surface area contributed by atoms with Crippen molar-refractivity contribution in [1.29, 1.82) is 0 Å². The molecule has 0 saturated heterocycles. The lowest BCUT2D eigenvalue weighted by molar-refractivity contribution is -0.384. The fourth-order valence-electron chi connectivity index (χ4n) is 2.35. The molecule has 0 saturated carbocycles. The topological polar surface area (TPSA) is 87.4 Å². The first kappa shape index (κ1) is 18.9. The Morgan fingerprint density at radius 3 is 2.00 bits per heavy atom. The van der Waals surface area contributed by atoms with E-state index < -0.39 is 4.92 Å². The maximum atomic E-state index is 10.9. The number of aromatic nitrogens is 2. The summed E-state index contributed by atoms with van der Waals surface area (Å²) in [5.74, 6) is 0.662. The Bertz CT molecular complexity index is 706. The number of hydrogen-bond donors (Lipinski definition) is 0. The molecule has 0 N–H and O–H groups in total. The Labute approximate surface area is 147 Å². The smallest absolute Gasteiger partial charge is 0.278 e. The first-order chi connectivity index (χ1) is 12.2. The predicted octanol–water partition coefficient (Wildman–Crippen LogP) is 4.68. The van der Waals surface area contributed by atoms with E-state index in [1.807, 2.05) is 0 Å². The second-order valence-corrected chi connectivity index (χ2v) is 5.88. The summed E-state index contributed by atoms with van der Waals surface area (Å²) >= 11 is 0. The minimum Gasteiger partial charge on any atom is -0.474 e. The number of ether oxygens (including phenoxy) is 2. The largest absolute Gasteiger partial charge is 0.474 e. The monoisotopic (exact) mass is 347 g/mol. The Hall–Kier alpha value is -2.44. The van der Waals surface area contributed by atoms with Gasteiger partial charge in [-0.15, -0.1) is 0 Å². The van der Waals surface area contributed by atoms with Crippen molar-refractivity contribution in [2.45, 2.75) is 52.4 Å². The number of benzene rings is 1. The van der Waals surface area contributed by atoms with Crippen molar-refractivity contribution >= 4 is 16.7 Å². The molecule has 25 heavy (non-hydrogen) atoms. The number of rotatable bonds is 11. The minimum atomic E-state index is -0.446. The number of nitro benzene ring substituents is 1. The van der Waals surface area contributed by atoms with E-state index in [9.17, 15) is 10.1 Å². The molecule has 7 nitrogen and oxygen atoms in total. The Morgan fingerprint density at radius 2 is 1.48 bits per heavy atom. The summed E-state index contributed by atoms with van der Waals surface area (Å²) in [5.41, 5.74) is 0.966. The van der Waals surface area contributed by atoms with Crippen LogP contribution >= 0.6 is 0 Å². The van der Waals surface area contributed by atoms with Gasteiger partial charge in [-0.25, -0.2) is 9.97 Å². The van der Waals surface area contributed by atoms with Crippen LogP contribution in [0.15, 0.2) is 18.2 Å². The van der Waals surface area contributed by atoms with Gasteiger partial charge >= 0.3 is 0 Å². The van der Waals surface area contributed by atoms with E-state index in [2.05, 4.69) is 23.8 Å². The Morgan fingerprint density at radius 1 is 0.920 bits per heavy atom. The summed E-state index contributed by atoms with van der Waals surface area (Å²) in [6.07, 6.45) is 6.21. The van der Waals surface area contributed by atoms with E-state index in [0.717, 1.165) is 38.5 Å². The highest BCUT2D eigenvalue weighted by molar-refractivity contribution is 5.78. The molecule has 0 aliphatic carbocycles. The zero-order chi connectivity index (χ0) is 18.1. The third kappa shape index (κ3) is 5.55. The Kier molecular flexibility index (Phi) is 7.37. The summed E-state index contributed by atoms with van der Waals surface area (Å²) in [7, 11) is 0. The lowest BCUT2D eigenvalue weighted by atomic mass is 10.2. The lowest BCUT2D eigenvalue weighted by Crippen LogP contribution is -2.06. The van der Waals surface area contributed by atoms with Gasteiger partial charge in [0.05, 0.1) is 29.2 Å². The molecule has 0 fully saturated rings. The summed E-state index contributed by atoms with van der Waals surface area (Å²) in [6.45, 7) is 5.32. The van der Waals surface area contributed by atoms with E-state index in [1.165, 1.54) is 12.1 Å².